The molecule has 1 aromatic heterocycles. The zero-order chi connectivity index (χ0) is 46.4. The average Bonchev–Trinajstić information content (AvgIpc) is 4.26. The number of hydrogen-bond donors (Lipinski definition) is 0. The lowest BCUT2D eigenvalue weighted by Gasteiger charge is -2.29. The number of fused-ring (bicyclic) bond motifs is 2. The van der Waals surface area contributed by atoms with Gasteiger partial charge in [-0.2, -0.15) is 5.10 Å². The summed E-state index contributed by atoms with van der Waals surface area (Å²) in [7, 11) is 1.86. The fraction of sp³-hybridized carbons (Fsp3) is 0.370. The normalized spacial score (nSPS) is 23.0. The molecule has 12 rings (SSSR count). The molecule has 7 aliphatic rings. The van der Waals surface area contributed by atoms with E-state index in [1.54, 1.807) is 11.0 Å². The third kappa shape index (κ3) is 8.40. The van der Waals surface area contributed by atoms with Crippen molar-refractivity contribution in [1.29, 1.82) is 0 Å². The van der Waals surface area contributed by atoms with Gasteiger partial charge in [-0.05, 0) is 103 Å². The number of Topliss-reactive ketones (excluding diaryl/α,β-unsaturated/α-hetero) is 1. The summed E-state index contributed by atoms with van der Waals surface area (Å²) in [6, 6.07) is 30.1. The minimum Gasteiger partial charge on any atom is -0.338 e. The molecule has 0 N–H and O–H groups in total. The first-order valence-corrected chi connectivity index (χ1v) is 24.0. The van der Waals surface area contributed by atoms with Crippen LogP contribution < -0.4 is 9.80 Å². The molecule has 4 saturated heterocycles. The maximum atomic E-state index is 13.6. The molecule has 8 heterocycles. The fourth-order valence-corrected chi connectivity index (χ4v) is 11.3. The Morgan fingerprint density at radius 1 is 0.647 bits per heavy atom. The van der Waals surface area contributed by atoms with Crippen LogP contribution in [0.4, 0.5) is 11.4 Å². The molecule has 14 nitrogen and oxygen atoms in total. The van der Waals surface area contributed by atoms with Gasteiger partial charge in [0.25, 0.3) is 0 Å². The average molecular weight is 909 g/mol. The first-order valence-electron chi connectivity index (χ1n) is 24.0. The van der Waals surface area contributed by atoms with E-state index in [9.17, 15) is 19.2 Å². The molecule has 0 unspecified atom stereocenters. The predicted molar refractivity (Wildman–Crippen MR) is 263 cm³/mol. The van der Waals surface area contributed by atoms with Crippen LogP contribution in [0.3, 0.4) is 0 Å². The smallest absolute Gasteiger partial charge is 0.237 e. The van der Waals surface area contributed by atoms with Crippen LogP contribution >= 0.6 is 0 Å². The van der Waals surface area contributed by atoms with Crippen molar-refractivity contribution in [3.63, 3.8) is 0 Å². The molecule has 2 spiro atoms. The predicted octanol–water partition coefficient (Wildman–Crippen LogP) is 6.09. The second kappa shape index (κ2) is 18.0. The van der Waals surface area contributed by atoms with Crippen LogP contribution in [0.15, 0.2) is 113 Å². The number of carbonyl (C=O) groups excluding carboxylic acids is 4. The standard InChI is InChI=1S/C31H33N7O2.C23H23N3O2/c1-35-21-33-29(34-35)24-4-2-22(3-5-24)23-8-12-37(13-9-23)28(39)19-36-14-10-31(20-36)11-15-38(30(31)40)27-7-6-25-17-32-18-26(25)16-27;27-21(17-4-2-1-3-5-17)15-25-10-8-23(16-25)9-11-26(22(23)28)20-7-6-18-13-24-14-19(18)12-20/h2-8,16,18,21H,9-15,17,19-20H2,1H3;1-7,12,14H,8-11,13,15-16H2/t31-;23-/m00/s1. The highest BCUT2D eigenvalue weighted by molar-refractivity contribution is 6.03. The van der Waals surface area contributed by atoms with E-state index in [2.05, 4.69) is 84.5 Å². The molecule has 0 radical (unpaired) electrons. The van der Waals surface area contributed by atoms with Gasteiger partial charge < -0.3 is 14.7 Å². The number of aliphatic imine (C=N–C) groups is 2. The van der Waals surface area contributed by atoms with Gasteiger partial charge in [-0.3, -0.25) is 43.6 Å². The molecule has 4 aromatic carbocycles. The van der Waals surface area contributed by atoms with Crippen LogP contribution in [-0.2, 0) is 34.5 Å². The molecule has 14 heteroatoms. The van der Waals surface area contributed by atoms with E-state index < -0.39 is 0 Å². The van der Waals surface area contributed by atoms with Crippen LogP contribution in [-0.4, -0.2) is 131 Å². The Bertz CT molecular complexity index is 2890. The van der Waals surface area contributed by atoms with Crippen LogP contribution in [0, 0.1) is 10.8 Å². The maximum Gasteiger partial charge on any atom is 0.237 e. The number of aryl methyl sites for hydroxylation is 1. The number of benzene rings is 4. The Balaban J connectivity index is 0.000000159. The van der Waals surface area contributed by atoms with Crippen molar-refractivity contribution in [2.24, 2.45) is 27.9 Å². The lowest BCUT2D eigenvalue weighted by Crippen LogP contribution is -2.43. The molecule has 346 valence electrons. The van der Waals surface area contributed by atoms with E-state index in [1.165, 1.54) is 22.3 Å². The molecule has 0 bridgehead atoms. The summed E-state index contributed by atoms with van der Waals surface area (Å²) in [5.74, 6) is 1.39. The largest absolute Gasteiger partial charge is 0.338 e. The zero-order valence-electron chi connectivity index (χ0n) is 38.6. The van der Waals surface area contributed by atoms with Gasteiger partial charge in [-0.25, -0.2) is 4.98 Å². The Morgan fingerprint density at radius 2 is 1.22 bits per heavy atom. The highest BCUT2D eigenvalue weighted by Crippen LogP contribution is 2.44. The quantitative estimate of drug-likeness (QED) is 0.162. The Hall–Kier alpha value is -6.90. The number of ketones is 1. The highest BCUT2D eigenvalue weighted by atomic mass is 16.2. The monoisotopic (exact) mass is 908 g/mol. The zero-order valence-corrected chi connectivity index (χ0v) is 38.6. The summed E-state index contributed by atoms with van der Waals surface area (Å²) < 4.78 is 1.70. The van der Waals surface area contributed by atoms with Crippen molar-refractivity contribution in [3.8, 4) is 11.4 Å². The summed E-state index contributed by atoms with van der Waals surface area (Å²) in [5.41, 5.74) is 10.0. The Kier molecular flexibility index (Phi) is 11.5. The third-order valence-electron chi connectivity index (χ3n) is 15.3. The summed E-state index contributed by atoms with van der Waals surface area (Å²) in [5, 5.41) is 4.37. The van der Waals surface area contributed by atoms with Gasteiger partial charge in [-0.1, -0.05) is 72.8 Å². The SMILES string of the molecule is Cn1cnc(-c2ccc(C3=CCN(C(=O)CN4CC[C@]5(CCN(c6ccc7c(c6)C=NC7)C5=O)C4)CC3)cc2)n1.O=C(CN1CC[C@]2(CCN(c3ccc4c(c3)C=NC4)C2=O)C1)c1ccccc1. The molecule has 68 heavy (non-hydrogen) atoms. The Labute approximate surface area is 396 Å². The fourth-order valence-electron chi connectivity index (χ4n) is 11.3. The van der Waals surface area contributed by atoms with E-state index in [1.807, 2.05) is 76.6 Å². The van der Waals surface area contributed by atoms with Crippen LogP contribution in [0.2, 0.25) is 0 Å². The third-order valence-corrected chi connectivity index (χ3v) is 15.3. The molecular weight excluding hydrogens is 853 g/mol. The lowest BCUT2D eigenvalue weighted by molar-refractivity contribution is -0.132. The number of likely N-dealkylation sites (tertiary alicyclic amines) is 2. The van der Waals surface area contributed by atoms with E-state index >= 15 is 0 Å². The van der Waals surface area contributed by atoms with Gasteiger partial charge in [0.1, 0.15) is 6.33 Å². The maximum absolute atomic E-state index is 13.6. The summed E-state index contributed by atoms with van der Waals surface area (Å²) in [6.07, 6.45) is 11.8. The van der Waals surface area contributed by atoms with Gasteiger partial charge in [0.2, 0.25) is 17.7 Å². The van der Waals surface area contributed by atoms with Crippen LogP contribution in [0.25, 0.3) is 17.0 Å². The van der Waals surface area contributed by atoms with E-state index in [4.69, 9.17) is 0 Å². The molecule has 0 aliphatic carbocycles. The van der Waals surface area contributed by atoms with Gasteiger partial charge in [0.05, 0.1) is 37.0 Å². The first-order chi connectivity index (χ1) is 33.1. The van der Waals surface area contributed by atoms with Crippen molar-refractivity contribution in [3.05, 3.63) is 137 Å². The Morgan fingerprint density at radius 3 is 1.78 bits per heavy atom. The first kappa shape index (κ1) is 43.7. The molecule has 7 aliphatic heterocycles. The number of anilines is 2. The van der Waals surface area contributed by atoms with Crippen molar-refractivity contribution in [2.75, 3.05) is 75.2 Å². The van der Waals surface area contributed by atoms with Crippen molar-refractivity contribution < 1.29 is 19.2 Å². The number of nitrogens with zero attached hydrogens (tertiary/aromatic N) is 10. The van der Waals surface area contributed by atoms with Crippen molar-refractivity contribution >= 4 is 52.9 Å². The molecule has 3 amide bonds. The summed E-state index contributed by atoms with van der Waals surface area (Å²) >= 11 is 0. The minimum absolute atomic E-state index is 0.123. The van der Waals surface area contributed by atoms with E-state index in [0.29, 0.717) is 39.3 Å². The van der Waals surface area contributed by atoms with Crippen molar-refractivity contribution in [2.45, 2.75) is 45.2 Å². The number of hydrogen-bond acceptors (Lipinski definition) is 10. The minimum atomic E-state index is -0.376. The lowest BCUT2D eigenvalue weighted by atomic mass is 9.85. The summed E-state index contributed by atoms with van der Waals surface area (Å²) in [4.78, 5) is 75.7. The second-order valence-corrected chi connectivity index (χ2v) is 19.5. The number of aromatic nitrogens is 3. The van der Waals surface area contributed by atoms with Crippen LogP contribution in [0.1, 0.15) is 70.3 Å². The highest BCUT2D eigenvalue weighted by Gasteiger charge is 2.52. The number of carbonyl (C=O) groups is 4. The second-order valence-electron chi connectivity index (χ2n) is 19.5. The van der Waals surface area contributed by atoms with E-state index in [-0.39, 0.29) is 34.3 Å². The topological polar surface area (TPSA) is 140 Å². The van der Waals surface area contributed by atoms with Gasteiger partial charge in [-0.15, -0.1) is 0 Å². The van der Waals surface area contributed by atoms with Gasteiger partial charge in [0.15, 0.2) is 11.6 Å². The van der Waals surface area contributed by atoms with Crippen molar-refractivity contribution in [1.82, 2.24) is 29.5 Å². The van der Waals surface area contributed by atoms with Gasteiger partial charge >= 0.3 is 0 Å². The molecule has 5 aromatic rings. The van der Waals surface area contributed by atoms with Gasteiger partial charge in [0, 0.05) is 81.2 Å². The van der Waals surface area contributed by atoms with Crippen LogP contribution in [0.5, 0.6) is 0 Å². The molecule has 2 atom stereocenters. The van der Waals surface area contributed by atoms with E-state index in [0.717, 1.165) is 111 Å². The molecule has 0 saturated carbocycles. The molecular formula is C54H56N10O4. The summed E-state index contributed by atoms with van der Waals surface area (Å²) in [6.45, 7) is 7.94. The number of amides is 3. The number of rotatable bonds is 9. The molecule has 4 fully saturated rings.